The van der Waals surface area contributed by atoms with Crippen LogP contribution in [0.1, 0.15) is 6.42 Å². The average Bonchev–Trinajstić information content (AvgIpc) is 2.61. The van der Waals surface area contributed by atoms with Gasteiger partial charge in [-0.05, 0) is 30.7 Å². The maximum atomic E-state index is 12.9. The summed E-state index contributed by atoms with van der Waals surface area (Å²) in [6.07, 6.45) is -0.0704. The van der Waals surface area contributed by atoms with Gasteiger partial charge in [-0.25, -0.2) is 16.8 Å². The zero-order chi connectivity index (χ0) is 20.1. The molecule has 0 heterocycles. The number of sulfone groups is 2. The first-order valence-electron chi connectivity index (χ1n) is 7.99. The first kappa shape index (κ1) is 25.6. The van der Waals surface area contributed by atoms with E-state index in [4.69, 9.17) is 0 Å². The molecule has 0 aliphatic rings. The molecule has 0 aliphatic heterocycles. The molecule has 0 radical (unpaired) electrons. The van der Waals surface area contributed by atoms with Gasteiger partial charge < -0.3 is 12.9 Å². The molecule has 0 aromatic heterocycles. The molecule has 2 rings (SSSR count). The SMILES string of the molecule is O=S(=O)(c1ccccc1)C(C/C=C/C[B-](F)(F)F)S(=O)(=O)c1ccccc1.[K+]. The van der Waals surface area contributed by atoms with Crippen molar-refractivity contribution >= 4 is 26.7 Å². The molecule has 0 aliphatic carbocycles. The summed E-state index contributed by atoms with van der Waals surface area (Å²) in [6.45, 7) is -5.08. The summed E-state index contributed by atoms with van der Waals surface area (Å²) in [6, 6.07) is 14.0. The zero-order valence-electron chi connectivity index (χ0n) is 15.1. The monoisotopic (exact) mass is 456 g/mol. The second kappa shape index (κ2) is 10.6. The van der Waals surface area contributed by atoms with E-state index < -0.39 is 44.0 Å². The molecule has 2 aromatic rings. The summed E-state index contributed by atoms with van der Waals surface area (Å²) >= 11 is 0. The van der Waals surface area contributed by atoms with Crippen molar-refractivity contribution in [2.24, 2.45) is 0 Å². The van der Waals surface area contributed by atoms with Crippen LogP contribution in [-0.2, 0) is 19.7 Å². The van der Waals surface area contributed by atoms with Crippen LogP contribution in [0.25, 0.3) is 0 Å². The minimum absolute atomic E-state index is 0. The standard InChI is InChI=1S/C17H17BF3O4S2.K/c19-18(20,21)14-8-7-13-17(26(22,23)15-9-3-1-4-10-15)27(24,25)16-11-5-2-6-12-16;/h1-12,17H,13-14H2;/q-1;+1/b8-7+;. The minimum Gasteiger partial charge on any atom is -0.449 e. The van der Waals surface area contributed by atoms with Crippen molar-refractivity contribution in [3.8, 4) is 0 Å². The number of rotatable bonds is 8. The molecule has 0 bridgehead atoms. The Labute approximate surface area is 205 Å². The molecule has 28 heavy (non-hydrogen) atoms. The van der Waals surface area contributed by atoms with E-state index in [1.54, 1.807) is 12.1 Å². The van der Waals surface area contributed by atoms with Crippen molar-refractivity contribution in [2.45, 2.75) is 27.1 Å². The topological polar surface area (TPSA) is 68.3 Å². The summed E-state index contributed by atoms with van der Waals surface area (Å²) in [7, 11) is -8.68. The zero-order valence-corrected chi connectivity index (χ0v) is 19.8. The fourth-order valence-electron chi connectivity index (χ4n) is 2.40. The van der Waals surface area contributed by atoms with Crippen LogP contribution in [0.15, 0.2) is 82.6 Å². The van der Waals surface area contributed by atoms with Gasteiger partial charge in [-0.1, -0.05) is 48.8 Å². The number of halogens is 3. The molecule has 0 saturated heterocycles. The number of benzene rings is 2. The number of hydrogen-bond donors (Lipinski definition) is 0. The molecule has 0 fully saturated rings. The van der Waals surface area contributed by atoms with Gasteiger partial charge in [0.25, 0.3) is 0 Å². The molecule has 11 heteroatoms. The fraction of sp³-hybridized carbons (Fsp3) is 0.176. The predicted molar refractivity (Wildman–Crippen MR) is 98.7 cm³/mol. The molecule has 4 nitrogen and oxygen atoms in total. The molecular formula is C17H17BF3KO4S2. The second-order valence-corrected chi connectivity index (χ2v) is 10.4. The van der Waals surface area contributed by atoms with Crippen molar-refractivity contribution in [3.05, 3.63) is 72.8 Å². The quantitative estimate of drug-likeness (QED) is 0.440. The Morgan fingerprint density at radius 1 is 0.750 bits per heavy atom. The molecule has 0 saturated carbocycles. The Morgan fingerprint density at radius 3 is 1.50 bits per heavy atom. The third-order valence-electron chi connectivity index (χ3n) is 3.73. The van der Waals surface area contributed by atoms with Crippen molar-refractivity contribution < 1.29 is 81.2 Å². The van der Waals surface area contributed by atoms with E-state index in [-0.39, 0.29) is 61.2 Å². The summed E-state index contributed by atoms with van der Waals surface area (Å²) < 4.78 is 86.8. The van der Waals surface area contributed by atoms with Crippen molar-refractivity contribution in [3.63, 3.8) is 0 Å². The summed E-state index contributed by atoms with van der Waals surface area (Å²) in [5.41, 5.74) is 0. The van der Waals surface area contributed by atoms with Gasteiger partial charge in [0.15, 0.2) is 24.3 Å². The Balaban J connectivity index is 0.00000392. The van der Waals surface area contributed by atoms with E-state index in [1.807, 2.05) is 0 Å². The Morgan fingerprint density at radius 2 is 1.14 bits per heavy atom. The van der Waals surface area contributed by atoms with Crippen LogP contribution in [0.4, 0.5) is 12.9 Å². The van der Waals surface area contributed by atoms with Crippen molar-refractivity contribution in [1.29, 1.82) is 0 Å². The summed E-state index contributed by atoms with van der Waals surface area (Å²) in [5.74, 6) is 0. The van der Waals surface area contributed by atoms with E-state index in [1.165, 1.54) is 48.5 Å². The maximum absolute atomic E-state index is 12.9. The van der Waals surface area contributed by atoms with E-state index >= 15 is 0 Å². The Kier molecular flexibility index (Phi) is 9.65. The van der Waals surface area contributed by atoms with Crippen molar-refractivity contribution in [1.82, 2.24) is 0 Å². The number of hydrogen-bond acceptors (Lipinski definition) is 4. The first-order chi connectivity index (χ1) is 12.5. The van der Waals surface area contributed by atoms with Gasteiger partial charge in [-0.3, -0.25) is 0 Å². The third kappa shape index (κ3) is 6.82. The van der Waals surface area contributed by atoms with Gasteiger partial charge in [0, 0.05) is 0 Å². The van der Waals surface area contributed by atoms with Gasteiger partial charge in [0.05, 0.1) is 9.79 Å². The largest absolute Gasteiger partial charge is 1.00 e. The number of allylic oxidation sites excluding steroid dienone is 2. The van der Waals surface area contributed by atoms with E-state index in [9.17, 15) is 29.8 Å². The molecule has 0 atom stereocenters. The molecule has 146 valence electrons. The minimum atomic E-state index is -5.08. The van der Waals surface area contributed by atoms with Crippen LogP contribution < -0.4 is 51.4 Å². The molecule has 0 amide bonds. The van der Waals surface area contributed by atoms with Crippen LogP contribution in [0.5, 0.6) is 0 Å². The van der Waals surface area contributed by atoms with Crippen LogP contribution in [-0.4, -0.2) is 28.4 Å². The molecule has 0 N–H and O–H groups in total. The van der Waals surface area contributed by atoms with E-state index in [0.29, 0.717) is 0 Å². The maximum Gasteiger partial charge on any atom is 1.00 e. The second-order valence-electron chi connectivity index (χ2n) is 5.80. The van der Waals surface area contributed by atoms with Gasteiger partial charge in [-0.2, -0.15) is 0 Å². The molecule has 0 unspecified atom stereocenters. The average molecular weight is 456 g/mol. The van der Waals surface area contributed by atoms with Gasteiger partial charge in [0.1, 0.15) is 0 Å². The third-order valence-corrected chi connectivity index (χ3v) is 8.88. The Hall–Kier alpha value is -0.429. The van der Waals surface area contributed by atoms with Gasteiger partial charge in [-0.15, -0.1) is 6.08 Å². The predicted octanol–water partition coefficient (Wildman–Crippen LogP) is 1.06. The normalized spacial score (nSPS) is 12.9. The Bertz CT molecular complexity index is 924. The van der Waals surface area contributed by atoms with Crippen molar-refractivity contribution in [2.75, 3.05) is 0 Å². The van der Waals surface area contributed by atoms with Crippen LogP contribution in [0.2, 0.25) is 6.32 Å². The van der Waals surface area contributed by atoms with Gasteiger partial charge in [0.2, 0.25) is 0 Å². The first-order valence-corrected chi connectivity index (χ1v) is 11.1. The van der Waals surface area contributed by atoms with E-state index in [0.717, 1.165) is 12.2 Å². The van der Waals surface area contributed by atoms with E-state index in [2.05, 4.69) is 0 Å². The summed E-state index contributed by atoms with van der Waals surface area (Å²) in [4.78, 5) is -0.411. The van der Waals surface area contributed by atoms with Crippen LogP contribution in [0.3, 0.4) is 0 Å². The fourth-order valence-corrected chi connectivity index (χ4v) is 6.81. The summed E-state index contributed by atoms with van der Waals surface area (Å²) in [5, 5.41) is 0. The van der Waals surface area contributed by atoms with Crippen LogP contribution in [0, 0.1) is 0 Å². The van der Waals surface area contributed by atoms with Gasteiger partial charge >= 0.3 is 58.4 Å². The van der Waals surface area contributed by atoms with Crippen LogP contribution >= 0.6 is 0 Å². The molecular weight excluding hydrogens is 439 g/mol. The molecule has 2 aromatic carbocycles. The smallest absolute Gasteiger partial charge is 0.449 e. The molecule has 0 spiro atoms.